The Bertz CT molecular complexity index is 1550. The van der Waals surface area contributed by atoms with Gasteiger partial charge in [0.05, 0.1) is 18.2 Å². The molecule has 1 aliphatic heterocycles. The first kappa shape index (κ1) is 27.7. The highest BCUT2D eigenvalue weighted by Crippen LogP contribution is 2.26. The fourth-order valence-electron chi connectivity index (χ4n) is 4.79. The fourth-order valence-corrected chi connectivity index (χ4v) is 4.79. The van der Waals surface area contributed by atoms with Crippen LogP contribution in [0, 0.1) is 18.3 Å². The number of ether oxygens (including phenoxy) is 2. The second-order valence-electron chi connectivity index (χ2n) is 9.94. The molecule has 0 unspecified atom stereocenters. The van der Waals surface area contributed by atoms with Crippen molar-refractivity contribution in [3.8, 4) is 29.2 Å². The number of nitriles is 1. The van der Waals surface area contributed by atoms with E-state index in [2.05, 4.69) is 51.0 Å². The van der Waals surface area contributed by atoms with E-state index in [0.717, 1.165) is 40.9 Å². The molecule has 0 saturated carbocycles. The maximum atomic E-state index is 11.7. The van der Waals surface area contributed by atoms with Crippen LogP contribution in [-0.4, -0.2) is 56.8 Å². The molecule has 0 N–H and O–H groups in total. The molecule has 1 aliphatic rings. The van der Waals surface area contributed by atoms with E-state index in [9.17, 15) is 10.1 Å². The first-order valence-corrected chi connectivity index (χ1v) is 13.6. The maximum Gasteiger partial charge on any atom is 0.323 e. The molecule has 0 bridgehead atoms. The van der Waals surface area contributed by atoms with Crippen LogP contribution in [-0.2, 0) is 24.6 Å². The monoisotopic (exact) mass is 548 g/mol. The van der Waals surface area contributed by atoms with Crippen LogP contribution >= 0.6 is 0 Å². The normalized spacial score (nSPS) is 13.4. The largest absolute Gasteiger partial charge is 0.458 e. The van der Waals surface area contributed by atoms with Gasteiger partial charge in [0.15, 0.2) is 5.82 Å². The van der Waals surface area contributed by atoms with Crippen LogP contribution in [0.15, 0.2) is 72.8 Å². The van der Waals surface area contributed by atoms with Crippen LogP contribution in [0.2, 0.25) is 0 Å². The molecule has 208 valence electrons. The Morgan fingerprint density at radius 2 is 1.59 bits per heavy atom. The Kier molecular flexibility index (Phi) is 8.82. The molecule has 0 aliphatic carbocycles. The van der Waals surface area contributed by atoms with Crippen molar-refractivity contribution >= 4 is 5.91 Å². The number of nitrogens with zero attached hydrogens (tertiary/aromatic N) is 6. The summed E-state index contributed by atoms with van der Waals surface area (Å²) >= 11 is 0. The van der Waals surface area contributed by atoms with E-state index in [1.54, 1.807) is 19.1 Å². The van der Waals surface area contributed by atoms with Crippen LogP contribution in [0.3, 0.4) is 0 Å². The lowest BCUT2D eigenvalue weighted by atomic mass is 9.97. The maximum absolute atomic E-state index is 11.7. The summed E-state index contributed by atoms with van der Waals surface area (Å²) in [5, 5.41) is 9.21. The van der Waals surface area contributed by atoms with Gasteiger partial charge in [0.25, 0.3) is 0 Å². The average Bonchev–Trinajstić information content (AvgIpc) is 3.00. The van der Waals surface area contributed by atoms with Crippen molar-refractivity contribution in [2.75, 3.05) is 26.2 Å². The summed E-state index contributed by atoms with van der Waals surface area (Å²) in [5.74, 6) is 0.616. The number of carbonyl (C=O) groups is 1. The highest BCUT2D eigenvalue weighted by molar-refractivity contribution is 5.73. The molecule has 0 spiro atoms. The number of rotatable bonds is 9. The quantitative estimate of drug-likeness (QED) is 0.300. The van der Waals surface area contributed by atoms with E-state index in [1.165, 1.54) is 0 Å². The molecule has 0 radical (unpaired) electrons. The Morgan fingerprint density at radius 1 is 0.878 bits per heavy atom. The van der Waals surface area contributed by atoms with E-state index < -0.39 is 0 Å². The number of amides is 1. The van der Waals surface area contributed by atoms with Gasteiger partial charge in [-0.05, 0) is 46.9 Å². The van der Waals surface area contributed by atoms with E-state index in [4.69, 9.17) is 9.47 Å². The predicted octanol–water partition coefficient (Wildman–Crippen LogP) is 4.54. The van der Waals surface area contributed by atoms with Crippen molar-refractivity contribution < 1.29 is 14.3 Å². The Hall–Kier alpha value is -4.81. The Balaban J connectivity index is 1.34. The molecule has 5 rings (SSSR count). The summed E-state index contributed by atoms with van der Waals surface area (Å²) in [7, 11) is 0. The fraction of sp³-hybridized carbons (Fsp3) is 0.281. The van der Waals surface area contributed by atoms with E-state index in [-0.39, 0.29) is 31.1 Å². The number of carbonyl (C=O) groups excluding carboxylic acids is 1. The number of hydrogen-bond acceptors (Lipinski definition) is 8. The number of hydrogen-bond donors (Lipinski definition) is 0. The zero-order chi connectivity index (χ0) is 28.6. The molecule has 0 atom stereocenters. The first-order chi connectivity index (χ1) is 20.0. The topological polar surface area (TPSA) is 104 Å². The lowest BCUT2D eigenvalue weighted by molar-refractivity contribution is -0.130. The third-order valence-electron chi connectivity index (χ3n) is 7.13. The van der Waals surface area contributed by atoms with Crippen LogP contribution in [0.1, 0.15) is 35.0 Å². The molecule has 9 nitrogen and oxygen atoms in total. The minimum Gasteiger partial charge on any atom is -0.458 e. The second kappa shape index (κ2) is 13.0. The molecular weight excluding hydrogens is 516 g/mol. The summed E-state index contributed by atoms with van der Waals surface area (Å²) in [6.45, 7) is 7.44. The van der Waals surface area contributed by atoms with Crippen LogP contribution < -0.4 is 9.47 Å². The second-order valence-corrected chi connectivity index (χ2v) is 9.94. The van der Waals surface area contributed by atoms with Crippen molar-refractivity contribution in [2.24, 2.45) is 0 Å². The highest BCUT2D eigenvalue weighted by atomic mass is 16.5. The summed E-state index contributed by atoms with van der Waals surface area (Å²) in [5.41, 5.74) is 5.85. The highest BCUT2D eigenvalue weighted by Gasteiger charge is 2.20. The molecule has 3 aromatic carbocycles. The van der Waals surface area contributed by atoms with Crippen molar-refractivity contribution in [3.63, 3.8) is 0 Å². The molecule has 1 amide bonds. The zero-order valence-corrected chi connectivity index (χ0v) is 23.3. The third kappa shape index (κ3) is 7.24. The molecular formula is C32H32N6O3. The van der Waals surface area contributed by atoms with Gasteiger partial charge in [0.2, 0.25) is 5.91 Å². The number of piperazine rings is 1. The van der Waals surface area contributed by atoms with Crippen LogP contribution in [0.4, 0.5) is 0 Å². The van der Waals surface area contributed by atoms with Crippen molar-refractivity contribution in [3.05, 3.63) is 101 Å². The minimum atomic E-state index is 0.0864. The zero-order valence-electron chi connectivity index (χ0n) is 23.3. The Labute approximate surface area is 240 Å². The molecule has 4 aromatic rings. The molecule has 9 heteroatoms. The van der Waals surface area contributed by atoms with Crippen molar-refractivity contribution in [1.82, 2.24) is 24.8 Å². The van der Waals surface area contributed by atoms with Gasteiger partial charge in [-0.1, -0.05) is 60.7 Å². The van der Waals surface area contributed by atoms with Gasteiger partial charge in [-0.3, -0.25) is 9.69 Å². The van der Waals surface area contributed by atoms with Crippen molar-refractivity contribution in [1.29, 1.82) is 5.26 Å². The van der Waals surface area contributed by atoms with Gasteiger partial charge >= 0.3 is 12.0 Å². The lowest BCUT2D eigenvalue weighted by Crippen LogP contribution is -2.47. The van der Waals surface area contributed by atoms with Crippen molar-refractivity contribution in [2.45, 2.75) is 33.6 Å². The lowest BCUT2D eigenvalue weighted by Gasteiger charge is -2.33. The molecule has 1 fully saturated rings. The molecule has 41 heavy (non-hydrogen) atoms. The van der Waals surface area contributed by atoms with Gasteiger partial charge in [-0.25, -0.2) is 0 Å². The van der Waals surface area contributed by atoms with E-state index in [0.29, 0.717) is 31.0 Å². The molecule has 1 aromatic heterocycles. The summed E-state index contributed by atoms with van der Waals surface area (Å²) in [6, 6.07) is 26.1. The minimum absolute atomic E-state index is 0.0864. The van der Waals surface area contributed by atoms with Crippen LogP contribution in [0.25, 0.3) is 11.1 Å². The summed E-state index contributed by atoms with van der Waals surface area (Å²) < 4.78 is 12.1. The van der Waals surface area contributed by atoms with E-state index in [1.807, 2.05) is 47.4 Å². The number of benzene rings is 3. The summed E-state index contributed by atoms with van der Waals surface area (Å²) in [4.78, 5) is 29.4. The van der Waals surface area contributed by atoms with Gasteiger partial charge in [0, 0.05) is 33.1 Å². The van der Waals surface area contributed by atoms with Gasteiger partial charge in [0.1, 0.15) is 13.2 Å². The van der Waals surface area contributed by atoms with Gasteiger partial charge in [-0.15, -0.1) is 4.98 Å². The summed E-state index contributed by atoms with van der Waals surface area (Å²) in [6.07, 6.45) is 0. The predicted molar refractivity (Wildman–Crippen MR) is 154 cm³/mol. The van der Waals surface area contributed by atoms with Gasteiger partial charge < -0.3 is 14.4 Å². The molecule has 1 saturated heterocycles. The molecule has 2 heterocycles. The number of aromatic nitrogens is 3. The standard InChI is InChI=1S/C32H32N6O3/c1-23-28(12-7-13-29(23)27-10-4-3-5-11-27)22-41-32-35-30(20-37-14-16-38(17-15-37)24(2)39)34-31(36-32)40-21-26-9-6-8-25(18-26)19-33/h3-13,18H,14-17,20-22H2,1-2H3. The van der Waals surface area contributed by atoms with Crippen LogP contribution in [0.5, 0.6) is 12.0 Å². The smallest absolute Gasteiger partial charge is 0.323 e. The van der Waals surface area contributed by atoms with Gasteiger partial charge in [-0.2, -0.15) is 15.2 Å². The average molecular weight is 549 g/mol. The SMILES string of the molecule is CC(=O)N1CCN(Cc2nc(OCc3cccc(C#N)c3)nc(OCc3cccc(-c4ccccc4)c3C)n2)CC1. The third-order valence-corrected chi connectivity index (χ3v) is 7.13. The Morgan fingerprint density at radius 3 is 2.29 bits per heavy atom. The first-order valence-electron chi connectivity index (χ1n) is 13.6. The van der Waals surface area contributed by atoms with E-state index >= 15 is 0 Å².